The molecule has 5 nitrogen and oxygen atoms in total. The number of hydrogen-bond acceptors (Lipinski definition) is 3. The van der Waals surface area contributed by atoms with E-state index in [9.17, 15) is 9.59 Å². The van der Waals surface area contributed by atoms with Crippen molar-refractivity contribution in [1.29, 1.82) is 0 Å². The summed E-state index contributed by atoms with van der Waals surface area (Å²) in [5, 5.41) is 11.5. The number of carbonyl (C=O) groups excluding carboxylic acids is 1. The van der Waals surface area contributed by atoms with Crippen LogP contribution in [0.25, 0.3) is 0 Å². The van der Waals surface area contributed by atoms with Crippen LogP contribution in [-0.2, 0) is 0 Å². The lowest BCUT2D eigenvalue weighted by Crippen LogP contribution is -2.34. The molecule has 1 aromatic rings. The van der Waals surface area contributed by atoms with Gasteiger partial charge in [0.05, 0.1) is 5.56 Å². The number of hydrogen-bond donors (Lipinski definition) is 2. The second-order valence-electron chi connectivity index (χ2n) is 5.71. The van der Waals surface area contributed by atoms with Crippen molar-refractivity contribution in [2.45, 2.75) is 27.7 Å². The zero-order chi connectivity index (χ0) is 14.6. The monoisotopic (exact) mass is 264 g/mol. The van der Waals surface area contributed by atoms with E-state index in [1.54, 1.807) is 0 Å². The Labute approximate surface area is 113 Å². The molecular weight excluding hydrogens is 244 g/mol. The van der Waals surface area contributed by atoms with Crippen LogP contribution in [0.4, 0.5) is 0 Å². The second kappa shape index (κ2) is 5.82. The zero-order valence-corrected chi connectivity index (χ0v) is 11.7. The highest BCUT2D eigenvalue weighted by molar-refractivity contribution is 5.93. The summed E-state index contributed by atoms with van der Waals surface area (Å²) >= 11 is 0. The SMILES string of the molecule is CC(CNC(=O)c1ccc(C(=O)O)cn1)C(C)(C)C. The molecule has 0 radical (unpaired) electrons. The van der Waals surface area contributed by atoms with Crippen molar-refractivity contribution >= 4 is 11.9 Å². The lowest BCUT2D eigenvalue weighted by Gasteiger charge is -2.27. The Balaban J connectivity index is 2.61. The lowest BCUT2D eigenvalue weighted by atomic mass is 9.82. The minimum atomic E-state index is -1.05. The van der Waals surface area contributed by atoms with E-state index in [1.165, 1.54) is 18.3 Å². The van der Waals surface area contributed by atoms with Gasteiger partial charge in [-0.05, 0) is 23.5 Å². The fourth-order valence-corrected chi connectivity index (χ4v) is 1.30. The molecule has 1 heterocycles. The summed E-state index contributed by atoms with van der Waals surface area (Å²) in [6, 6.07) is 2.79. The molecule has 104 valence electrons. The Morgan fingerprint density at radius 1 is 1.37 bits per heavy atom. The van der Waals surface area contributed by atoms with Crippen LogP contribution in [0, 0.1) is 11.3 Å². The first-order chi connectivity index (χ1) is 8.71. The molecule has 0 aromatic carbocycles. The predicted molar refractivity (Wildman–Crippen MR) is 72.1 cm³/mol. The summed E-state index contributed by atoms with van der Waals surface area (Å²) < 4.78 is 0. The summed E-state index contributed by atoms with van der Waals surface area (Å²) in [7, 11) is 0. The maximum Gasteiger partial charge on any atom is 0.337 e. The molecule has 1 atom stereocenters. The molecule has 0 aliphatic carbocycles. The third kappa shape index (κ3) is 4.35. The van der Waals surface area contributed by atoms with E-state index in [4.69, 9.17) is 5.11 Å². The van der Waals surface area contributed by atoms with E-state index in [0.717, 1.165) is 0 Å². The molecule has 1 rings (SSSR count). The molecule has 1 amide bonds. The van der Waals surface area contributed by atoms with Crippen LogP contribution in [0.15, 0.2) is 18.3 Å². The summed E-state index contributed by atoms with van der Waals surface area (Å²) in [6.45, 7) is 8.98. The van der Waals surface area contributed by atoms with Crippen molar-refractivity contribution < 1.29 is 14.7 Å². The molecular formula is C14H20N2O3. The highest BCUT2D eigenvalue weighted by atomic mass is 16.4. The van der Waals surface area contributed by atoms with Gasteiger partial charge in [0.15, 0.2) is 0 Å². The highest BCUT2D eigenvalue weighted by Gasteiger charge is 2.20. The Morgan fingerprint density at radius 3 is 2.42 bits per heavy atom. The number of aromatic carboxylic acids is 1. The third-order valence-electron chi connectivity index (χ3n) is 3.29. The number of pyridine rings is 1. The molecule has 2 N–H and O–H groups in total. The summed E-state index contributed by atoms with van der Waals surface area (Å²) in [5.41, 5.74) is 0.416. The average Bonchev–Trinajstić information content (AvgIpc) is 2.34. The standard InChI is InChI=1S/C14H20N2O3/c1-9(14(2,3)4)7-16-12(17)11-6-5-10(8-15-11)13(18)19/h5-6,8-9H,7H2,1-4H3,(H,16,17)(H,18,19). The largest absolute Gasteiger partial charge is 0.478 e. The van der Waals surface area contributed by atoms with Gasteiger partial charge in [0.2, 0.25) is 0 Å². The van der Waals surface area contributed by atoms with Crippen LogP contribution >= 0.6 is 0 Å². The number of aromatic nitrogens is 1. The smallest absolute Gasteiger partial charge is 0.337 e. The Morgan fingerprint density at radius 2 is 2.00 bits per heavy atom. The minimum absolute atomic E-state index is 0.0691. The fraction of sp³-hybridized carbons (Fsp3) is 0.500. The van der Waals surface area contributed by atoms with Gasteiger partial charge < -0.3 is 10.4 Å². The van der Waals surface area contributed by atoms with Gasteiger partial charge in [-0.1, -0.05) is 27.7 Å². The van der Waals surface area contributed by atoms with E-state index in [-0.39, 0.29) is 22.6 Å². The molecule has 5 heteroatoms. The number of nitrogens with zero attached hydrogens (tertiary/aromatic N) is 1. The van der Waals surface area contributed by atoms with Crippen molar-refractivity contribution in [3.63, 3.8) is 0 Å². The van der Waals surface area contributed by atoms with Crippen molar-refractivity contribution in [3.8, 4) is 0 Å². The average molecular weight is 264 g/mol. The van der Waals surface area contributed by atoms with E-state index in [1.807, 2.05) is 0 Å². The van der Waals surface area contributed by atoms with Crippen LogP contribution < -0.4 is 5.32 Å². The van der Waals surface area contributed by atoms with Crippen molar-refractivity contribution in [2.24, 2.45) is 11.3 Å². The van der Waals surface area contributed by atoms with Gasteiger partial charge in [0.1, 0.15) is 5.69 Å². The molecule has 0 saturated heterocycles. The number of nitrogens with one attached hydrogen (secondary N) is 1. The first kappa shape index (κ1) is 15.1. The molecule has 0 aliphatic rings. The predicted octanol–water partition coefficient (Wildman–Crippen LogP) is 2.19. The van der Waals surface area contributed by atoms with E-state index < -0.39 is 5.97 Å². The second-order valence-corrected chi connectivity index (χ2v) is 5.71. The van der Waals surface area contributed by atoms with Crippen molar-refractivity contribution in [2.75, 3.05) is 6.54 Å². The molecule has 19 heavy (non-hydrogen) atoms. The lowest BCUT2D eigenvalue weighted by molar-refractivity contribution is 0.0695. The van der Waals surface area contributed by atoms with Crippen LogP contribution in [0.5, 0.6) is 0 Å². The topological polar surface area (TPSA) is 79.3 Å². The number of amides is 1. The van der Waals surface area contributed by atoms with E-state index >= 15 is 0 Å². The van der Waals surface area contributed by atoms with Gasteiger partial charge in [-0.25, -0.2) is 4.79 Å². The van der Waals surface area contributed by atoms with Gasteiger partial charge in [0, 0.05) is 12.7 Å². The first-order valence-electron chi connectivity index (χ1n) is 6.19. The molecule has 0 aliphatic heterocycles. The first-order valence-corrected chi connectivity index (χ1v) is 6.19. The summed E-state index contributed by atoms with van der Waals surface area (Å²) in [5.74, 6) is -1.01. The van der Waals surface area contributed by atoms with Crippen molar-refractivity contribution in [3.05, 3.63) is 29.6 Å². The quantitative estimate of drug-likeness (QED) is 0.873. The van der Waals surface area contributed by atoms with Gasteiger partial charge in [-0.2, -0.15) is 0 Å². The fourth-order valence-electron chi connectivity index (χ4n) is 1.30. The number of carbonyl (C=O) groups is 2. The van der Waals surface area contributed by atoms with Crippen molar-refractivity contribution in [1.82, 2.24) is 10.3 Å². The Kier molecular flexibility index (Phi) is 4.64. The maximum absolute atomic E-state index is 11.8. The number of carboxylic acid groups (broad SMARTS) is 1. The van der Waals surface area contributed by atoms with E-state index in [2.05, 4.69) is 38.0 Å². The molecule has 0 bridgehead atoms. The van der Waals surface area contributed by atoms with Crippen LogP contribution in [0.3, 0.4) is 0 Å². The minimum Gasteiger partial charge on any atom is -0.478 e. The van der Waals surface area contributed by atoms with Crippen LogP contribution in [0.1, 0.15) is 48.5 Å². The molecule has 1 aromatic heterocycles. The highest BCUT2D eigenvalue weighted by Crippen LogP contribution is 2.24. The number of carboxylic acids is 1. The van der Waals surface area contributed by atoms with Crippen LogP contribution in [0.2, 0.25) is 0 Å². The maximum atomic E-state index is 11.8. The zero-order valence-electron chi connectivity index (χ0n) is 11.7. The molecule has 1 unspecified atom stereocenters. The van der Waals surface area contributed by atoms with Crippen LogP contribution in [-0.4, -0.2) is 28.5 Å². The molecule has 0 spiro atoms. The van der Waals surface area contributed by atoms with Gasteiger partial charge >= 0.3 is 5.97 Å². The molecule has 0 fully saturated rings. The Hall–Kier alpha value is -1.91. The van der Waals surface area contributed by atoms with Gasteiger partial charge in [0.25, 0.3) is 5.91 Å². The summed E-state index contributed by atoms with van der Waals surface area (Å²) in [6.07, 6.45) is 1.18. The normalized spacial score (nSPS) is 12.8. The van der Waals surface area contributed by atoms with Gasteiger partial charge in [-0.15, -0.1) is 0 Å². The number of rotatable bonds is 4. The van der Waals surface area contributed by atoms with Gasteiger partial charge in [-0.3, -0.25) is 9.78 Å². The summed E-state index contributed by atoms with van der Waals surface area (Å²) in [4.78, 5) is 26.4. The van der Waals surface area contributed by atoms with E-state index in [0.29, 0.717) is 12.5 Å². The third-order valence-corrected chi connectivity index (χ3v) is 3.29. The Bertz CT molecular complexity index is 461. The molecule has 0 saturated carbocycles.